The number of ether oxygens (including phenoxy) is 2. The van der Waals surface area contributed by atoms with Crippen molar-refractivity contribution in [2.75, 3.05) is 6.61 Å². The van der Waals surface area contributed by atoms with Crippen LogP contribution in [0.4, 0.5) is 0 Å². The molecular weight excluding hydrogens is 280 g/mol. The van der Waals surface area contributed by atoms with Crippen molar-refractivity contribution < 1.29 is 19.1 Å². The van der Waals surface area contributed by atoms with Crippen molar-refractivity contribution in [3.63, 3.8) is 0 Å². The molecular formula is C18H34O4. The molecule has 0 aliphatic rings. The van der Waals surface area contributed by atoms with Crippen LogP contribution >= 0.6 is 0 Å². The smallest absolute Gasteiger partial charge is 0.306 e. The van der Waals surface area contributed by atoms with Crippen molar-refractivity contribution in [3.05, 3.63) is 0 Å². The topological polar surface area (TPSA) is 52.6 Å². The second kappa shape index (κ2) is 9.86. The minimum atomic E-state index is -0.241. The Morgan fingerprint density at radius 2 is 1.50 bits per heavy atom. The lowest BCUT2D eigenvalue weighted by Gasteiger charge is -2.22. The molecule has 0 N–H and O–H groups in total. The van der Waals surface area contributed by atoms with Crippen molar-refractivity contribution in [3.8, 4) is 0 Å². The van der Waals surface area contributed by atoms with Crippen LogP contribution in [0.15, 0.2) is 0 Å². The first-order valence-corrected chi connectivity index (χ1v) is 8.36. The minimum absolute atomic E-state index is 0.0855. The van der Waals surface area contributed by atoms with E-state index in [4.69, 9.17) is 9.47 Å². The summed E-state index contributed by atoms with van der Waals surface area (Å²) in [7, 11) is 0. The standard InChI is InChI=1S/C18H34O4/c1-13(2)15(4)22-17(20)10-8-9-16(19)21-12-14(3)11-18(5,6)7/h13-15H,8-12H2,1-7H3. The molecule has 0 aliphatic carbocycles. The second-order valence-corrected chi connectivity index (χ2v) is 7.85. The summed E-state index contributed by atoms with van der Waals surface area (Å²) in [6.07, 6.45) is 1.95. The van der Waals surface area contributed by atoms with Gasteiger partial charge in [0.05, 0.1) is 6.61 Å². The van der Waals surface area contributed by atoms with Gasteiger partial charge in [0.2, 0.25) is 0 Å². The molecule has 0 fully saturated rings. The average Bonchev–Trinajstić information content (AvgIpc) is 2.34. The van der Waals surface area contributed by atoms with E-state index in [1.54, 1.807) is 0 Å². The fraction of sp³-hybridized carbons (Fsp3) is 0.889. The average molecular weight is 314 g/mol. The van der Waals surface area contributed by atoms with Gasteiger partial charge in [0, 0.05) is 12.8 Å². The highest BCUT2D eigenvalue weighted by atomic mass is 16.5. The normalized spacial score (nSPS) is 14.5. The number of hydrogen-bond acceptors (Lipinski definition) is 4. The van der Waals surface area contributed by atoms with Crippen LogP contribution in [0.3, 0.4) is 0 Å². The summed E-state index contributed by atoms with van der Waals surface area (Å²) in [5.74, 6) is 0.180. The quantitative estimate of drug-likeness (QED) is 0.593. The fourth-order valence-corrected chi connectivity index (χ4v) is 2.19. The van der Waals surface area contributed by atoms with E-state index in [-0.39, 0.29) is 36.3 Å². The zero-order valence-electron chi connectivity index (χ0n) is 15.4. The Hall–Kier alpha value is -1.06. The highest BCUT2D eigenvalue weighted by Crippen LogP contribution is 2.24. The maximum atomic E-state index is 11.7. The Morgan fingerprint density at radius 3 is 2.00 bits per heavy atom. The lowest BCUT2D eigenvalue weighted by atomic mass is 9.86. The summed E-state index contributed by atoms with van der Waals surface area (Å²) in [5.41, 5.74) is 0.239. The maximum Gasteiger partial charge on any atom is 0.306 e. The van der Waals surface area contributed by atoms with E-state index in [2.05, 4.69) is 27.7 Å². The first-order chi connectivity index (χ1) is 10.0. The molecule has 2 atom stereocenters. The first kappa shape index (κ1) is 20.9. The molecule has 2 unspecified atom stereocenters. The molecule has 0 aromatic heterocycles. The van der Waals surface area contributed by atoms with E-state index >= 15 is 0 Å². The molecule has 0 amide bonds. The summed E-state index contributed by atoms with van der Waals surface area (Å²) in [5, 5.41) is 0. The van der Waals surface area contributed by atoms with Crippen molar-refractivity contribution in [1.29, 1.82) is 0 Å². The third-order valence-corrected chi connectivity index (χ3v) is 3.51. The lowest BCUT2D eigenvalue weighted by Crippen LogP contribution is -2.20. The molecule has 0 heterocycles. The van der Waals surface area contributed by atoms with E-state index < -0.39 is 0 Å². The molecule has 0 saturated heterocycles. The first-order valence-electron chi connectivity index (χ1n) is 8.36. The summed E-state index contributed by atoms with van der Waals surface area (Å²) >= 11 is 0. The van der Waals surface area contributed by atoms with Crippen LogP contribution < -0.4 is 0 Å². The van der Waals surface area contributed by atoms with Crippen molar-refractivity contribution >= 4 is 11.9 Å². The third kappa shape index (κ3) is 11.6. The summed E-state index contributed by atoms with van der Waals surface area (Å²) in [4.78, 5) is 23.2. The van der Waals surface area contributed by atoms with Crippen molar-refractivity contribution in [2.24, 2.45) is 17.3 Å². The lowest BCUT2D eigenvalue weighted by molar-refractivity contribution is -0.150. The monoisotopic (exact) mass is 314 g/mol. The van der Waals surface area contributed by atoms with Crippen LogP contribution in [-0.4, -0.2) is 24.6 Å². The van der Waals surface area contributed by atoms with Gasteiger partial charge < -0.3 is 9.47 Å². The van der Waals surface area contributed by atoms with Gasteiger partial charge in [0.1, 0.15) is 6.10 Å². The fourth-order valence-electron chi connectivity index (χ4n) is 2.19. The largest absolute Gasteiger partial charge is 0.465 e. The van der Waals surface area contributed by atoms with E-state index in [1.165, 1.54) is 0 Å². The van der Waals surface area contributed by atoms with Gasteiger partial charge in [-0.1, -0.05) is 41.5 Å². The van der Waals surface area contributed by atoms with Gasteiger partial charge in [0.25, 0.3) is 0 Å². The number of carbonyl (C=O) groups excluding carboxylic acids is 2. The molecule has 0 rings (SSSR count). The van der Waals surface area contributed by atoms with E-state index in [0.717, 1.165) is 6.42 Å². The van der Waals surface area contributed by atoms with Gasteiger partial charge in [0.15, 0.2) is 0 Å². The maximum absolute atomic E-state index is 11.7. The summed E-state index contributed by atoms with van der Waals surface area (Å²) in [6.45, 7) is 15.0. The molecule has 0 bridgehead atoms. The Bertz CT molecular complexity index is 341. The predicted octanol–water partition coefficient (Wildman–Crippen LogP) is 4.36. The van der Waals surface area contributed by atoms with Crippen LogP contribution in [0.5, 0.6) is 0 Å². The SMILES string of the molecule is CC(COC(=O)CCCC(=O)OC(C)C(C)C)CC(C)(C)C. The minimum Gasteiger partial charge on any atom is -0.465 e. The van der Waals surface area contributed by atoms with E-state index in [1.807, 2.05) is 20.8 Å². The highest BCUT2D eigenvalue weighted by Gasteiger charge is 2.17. The van der Waals surface area contributed by atoms with Gasteiger partial charge in [-0.25, -0.2) is 0 Å². The predicted molar refractivity (Wildman–Crippen MR) is 88.4 cm³/mol. The Labute approximate surface area is 135 Å². The van der Waals surface area contributed by atoms with Crippen molar-refractivity contribution in [1.82, 2.24) is 0 Å². The van der Waals surface area contributed by atoms with Gasteiger partial charge >= 0.3 is 11.9 Å². The van der Waals surface area contributed by atoms with Crippen LogP contribution in [0.25, 0.3) is 0 Å². The van der Waals surface area contributed by atoms with Crippen molar-refractivity contribution in [2.45, 2.75) is 80.3 Å². The molecule has 0 aromatic carbocycles. The number of carbonyl (C=O) groups is 2. The Morgan fingerprint density at radius 1 is 0.955 bits per heavy atom. The van der Waals surface area contributed by atoms with Crippen LogP contribution in [0.1, 0.15) is 74.1 Å². The Kier molecular flexibility index (Phi) is 9.38. The molecule has 0 aliphatic heterocycles. The Balaban J connectivity index is 3.80. The zero-order valence-corrected chi connectivity index (χ0v) is 15.4. The molecule has 0 spiro atoms. The highest BCUT2D eigenvalue weighted by molar-refractivity contribution is 5.72. The second-order valence-electron chi connectivity index (χ2n) is 7.85. The van der Waals surface area contributed by atoms with E-state index in [0.29, 0.717) is 24.9 Å². The third-order valence-electron chi connectivity index (χ3n) is 3.51. The number of rotatable bonds is 9. The summed E-state index contributed by atoms with van der Waals surface area (Å²) < 4.78 is 10.5. The number of esters is 2. The molecule has 130 valence electrons. The van der Waals surface area contributed by atoms with Crippen LogP contribution in [0, 0.1) is 17.3 Å². The molecule has 0 aromatic rings. The molecule has 0 radical (unpaired) electrons. The summed E-state index contributed by atoms with van der Waals surface area (Å²) in [6, 6.07) is 0. The van der Waals surface area contributed by atoms with E-state index in [9.17, 15) is 9.59 Å². The molecule has 4 heteroatoms. The molecule has 0 saturated carbocycles. The van der Waals surface area contributed by atoms with Gasteiger partial charge in [-0.15, -0.1) is 0 Å². The number of hydrogen-bond donors (Lipinski definition) is 0. The van der Waals surface area contributed by atoms with Gasteiger partial charge in [-0.05, 0) is 37.0 Å². The van der Waals surface area contributed by atoms with Gasteiger partial charge in [-0.3, -0.25) is 9.59 Å². The molecule has 4 nitrogen and oxygen atoms in total. The van der Waals surface area contributed by atoms with Crippen LogP contribution in [-0.2, 0) is 19.1 Å². The van der Waals surface area contributed by atoms with Crippen LogP contribution in [0.2, 0.25) is 0 Å². The zero-order chi connectivity index (χ0) is 17.3. The molecule has 22 heavy (non-hydrogen) atoms. The van der Waals surface area contributed by atoms with Gasteiger partial charge in [-0.2, -0.15) is 0 Å².